The predicted octanol–water partition coefficient (Wildman–Crippen LogP) is 3.62. The lowest BCUT2D eigenvalue weighted by Gasteiger charge is -2.32. The zero-order valence-electron chi connectivity index (χ0n) is 16.7. The Kier molecular flexibility index (Phi) is 7.28. The highest BCUT2D eigenvalue weighted by atomic mass is 32.2. The van der Waals surface area contributed by atoms with Crippen molar-refractivity contribution < 1.29 is 14.3 Å². The van der Waals surface area contributed by atoms with Crippen LogP contribution in [0.4, 0.5) is 0 Å². The van der Waals surface area contributed by atoms with Crippen molar-refractivity contribution in [2.45, 2.75) is 30.8 Å². The Labute approximate surface area is 170 Å². The minimum atomic E-state index is 0.122. The van der Waals surface area contributed by atoms with E-state index in [4.69, 9.17) is 14.5 Å². The van der Waals surface area contributed by atoms with Crippen LogP contribution in [-0.4, -0.2) is 60.4 Å². The molecule has 0 N–H and O–H groups in total. The van der Waals surface area contributed by atoms with Gasteiger partial charge in [0.15, 0.2) is 5.16 Å². The average Bonchev–Trinajstić information content (AvgIpc) is 2.74. The van der Waals surface area contributed by atoms with Gasteiger partial charge in [-0.25, -0.2) is 9.97 Å². The van der Waals surface area contributed by atoms with Gasteiger partial charge in [-0.3, -0.25) is 4.79 Å². The number of thioether (sulfide) groups is 1. The molecule has 1 saturated heterocycles. The number of benzene rings is 1. The van der Waals surface area contributed by atoms with E-state index >= 15 is 0 Å². The SMILES string of the molecule is COCCSc1ncc(-c2cccc(OC)c2)c([C@@H]2CCCN(C(C)=O)C2)n1. The summed E-state index contributed by atoms with van der Waals surface area (Å²) in [6.07, 6.45) is 3.90. The molecule has 150 valence electrons. The van der Waals surface area contributed by atoms with Gasteiger partial charge in [0.1, 0.15) is 5.75 Å². The number of carbonyl (C=O) groups is 1. The molecule has 0 bridgehead atoms. The van der Waals surface area contributed by atoms with E-state index in [1.807, 2.05) is 35.4 Å². The van der Waals surface area contributed by atoms with E-state index in [-0.39, 0.29) is 11.8 Å². The highest BCUT2D eigenvalue weighted by Crippen LogP contribution is 2.35. The minimum absolute atomic E-state index is 0.122. The number of aromatic nitrogens is 2. The molecule has 1 atom stereocenters. The van der Waals surface area contributed by atoms with Gasteiger partial charge in [-0.2, -0.15) is 0 Å². The quantitative estimate of drug-likeness (QED) is 0.401. The first kappa shape index (κ1) is 20.6. The molecule has 1 aromatic heterocycles. The van der Waals surface area contributed by atoms with Crippen molar-refractivity contribution >= 4 is 17.7 Å². The van der Waals surface area contributed by atoms with Gasteiger partial charge >= 0.3 is 0 Å². The van der Waals surface area contributed by atoms with Crippen molar-refractivity contribution in [2.75, 3.05) is 39.7 Å². The largest absolute Gasteiger partial charge is 0.497 e. The van der Waals surface area contributed by atoms with E-state index in [1.165, 1.54) is 0 Å². The van der Waals surface area contributed by atoms with Crippen LogP contribution in [0.15, 0.2) is 35.6 Å². The maximum atomic E-state index is 11.9. The van der Waals surface area contributed by atoms with Gasteiger partial charge in [-0.1, -0.05) is 23.9 Å². The van der Waals surface area contributed by atoms with Crippen LogP contribution in [0.5, 0.6) is 5.75 Å². The van der Waals surface area contributed by atoms with Gasteiger partial charge in [-0.05, 0) is 30.5 Å². The summed E-state index contributed by atoms with van der Waals surface area (Å²) in [5.41, 5.74) is 3.04. The van der Waals surface area contributed by atoms with Gasteiger partial charge < -0.3 is 14.4 Å². The number of amides is 1. The number of likely N-dealkylation sites (tertiary alicyclic amines) is 1. The zero-order valence-corrected chi connectivity index (χ0v) is 17.5. The van der Waals surface area contributed by atoms with Gasteiger partial charge in [0.25, 0.3) is 0 Å². The molecule has 1 fully saturated rings. The van der Waals surface area contributed by atoms with Gasteiger partial charge in [0.05, 0.1) is 19.4 Å². The minimum Gasteiger partial charge on any atom is -0.497 e. The van der Waals surface area contributed by atoms with E-state index in [0.717, 1.165) is 52.9 Å². The highest BCUT2D eigenvalue weighted by molar-refractivity contribution is 7.99. The molecule has 0 spiro atoms. The number of methoxy groups -OCH3 is 2. The topological polar surface area (TPSA) is 64.6 Å². The number of nitrogens with zero attached hydrogens (tertiary/aromatic N) is 3. The molecule has 7 heteroatoms. The molecular weight excluding hydrogens is 374 g/mol. The Morgan fingerprint density at radius 2 is 2.21 bits per heavy atom. The number of rotatable bonds is 7. The van der Waals surface area contributed by atoms with Crippen molar-refractivity contribution in [3.63, 3.8) is 0 Å². The number of carbonyl (C=O) groups excluding carboxylic acids is 1. The lowest BCUT2D eigenvalue weighted by atomic mass is 9.90. The molecule has 1 aliphatic rings. The maximum Gasteiger partial charge on any atom is 0.219 e. The standard InChI is InChI=1S/C21H27N3O3S/c1-15(25)24-9-5-7-17(14-24)20-19(16-6-4-8-18(12-16)27-3)13-22-21(23-20)28-11-10-26-2/h4,6,8,12-13,17H,5,7,9-11,14H2,1-3H3/t17-/m1/s1. The lowest BCUT2D eigenvalue weighted by molar-refractivity contribution is -0.130. The smallest absolute Gasteiger partial charge is 0.219 e. The summed E-state index contributed by atoms with van der Waals surface area (Å²) in [7, 11) is 3.36. The van der Waals surface area contributed by atoms with E-state index in [9.17, 15) is 4.79 Å². The normalized spacial score (nSPS) is 16.8. The summed E-state index contributed by atoms with van der Waals surface area (Å²) >= 11 is 1.59. The summed E-state index contributed by atoms with van der Waals surface area (Å²) in [6, 6.07) is 7.96. The average molecular weight is 402 g/mol. The molecule has 0 unspecified atom stereocenters. The van der Waals surface area contributed by atoms with Crippen molar-refractivity contribution in [1.82, 2.24) is 14.9 Å². The van der Waals surface area contributed by atoms with Crippen molar-refractivity contribution in [3.8, 4) is 16.9 Å². The fourth-order valence-electron chi connectivity index (χ4n) is 3.47. The Morgan fingerprint density at radius 1 is 1.36 bits per heavy atom. The number of hydrogen-bond donors (Lipinski definition) is 0. The molecule has 0 aliphatic carbocycles. The number of hydrogen-bond acceptors (Lipinski definition) is 6. The summed E-state index contributed by atoms with van der Waals surface area (Å²) in [5.74, 6) is 1.93. The van der Waals surface area contributed by atoms with E-state index in [0.29, 0.717) is 13.2 Å². The molecule has 0 saturated carbocycles. The summed E-state index contributed by atoms with van der Waals surface area (Å²) in [6.45, 7) is 3.81. The summed E-state index contributed by atoms with van der Waals surface area (Å²) in [4.78, 5) is 23.3. The fraction of sp³-hybridized carbons (Fsp3) is 0.476. The third kappa shape index (κ3) is 5.02. The molecule has 2 heterocycles. The molecular formula is C21H27N3O3S. The molecule has 3 rings (SSSR count). The van der Waals surface area contributed by atoms with Crippen LogP contribution in [0.3, 0.4) is 0 Å². The molecule has 6 nitrogen and oxygen atoms in total. The van der Waals surface area contributed by atoms with Crippen LogP contribution in [0, 0.1) is 0 Å². The van der Waals surface area contributed by atoms with Gasteiger partial charge in [0, 0.05) is 50.6 Å². The maximum absolute atomic E-state index is 11.9. The van der Waals surface area contributed by atoms with Crippen LogP contribution >= 0.6 is 11.8 Å². The summed E-state index contributed by atoms with van der Waals surface area (Å²) < 4.78 is 10.5. The molecule has 1 amide bonds. The van der Waals surface area contributed by atoms with E-state index < -0.39 is 0 Å². The first-order valence-electron chi connectivity index (χ1n) is 9.51. The second kappa shape index (κ2) is 9.89. The van der Waals surface area contributed by atoms with E-state index in [1.54, 1.807) is 32.9 Å². The van der Waals surface area contributed by atoms with Gasteiger partial charge in [0.2, 0.25) is 5.91 Å². The van der Waals surface area contributed by atoms with Crippen LogP contribution in [0.2, 0.25) is 0 Å². The predicted molar refractivity (Wildman–Crippen MR) is 111 cm³/mol. The van der Waals surface area contributed by atoms with Crippen molar-refractivity contribution in [1.29, 1.82) is 0 Å². The first-order chi connectivity index (χ1) is 13.6. The molecule has 28 heavy (non-hydrogen) atoms. The first-order valence-corrected chi connectivity index (χ1v) is 10.5. The van der Waals surface area contributed by atoms with Crippen LogP contribution in [0.25, 0.3) is 11.1 Å². The molecule has 2 aromatic rings. The van der Waals surface area contributed by atoms with Crippen molar-refractivity contribution in [2.24, 2.45) is 0 Å². The Morgan fingerprint density at radius 3 is 2.96 bits per heavy atom. The highest BCUT2D eigenvalue weighted by Gasteiger charge is 2.27. The third-order valence-corrected chi connectivity index (χ3v) is 5.77. The van der Waals surface area contributed by atoms with Crippen molar-refractivity contribution in [3.05, 3.63) is 36.2 Å². The number of ether oxygens (including phenoxy) is 2. The molecule has 1 aromatic carbocycles. The zero-order chi connectivity index (χ0) is 19.9. The van der Waals surface area contributed by atoms with Crippen LogP contribution in [0.1, 0.15) is 31.4 Å². The Balaban J connectivity index is 1.97. The third-order valence-electron chi connectivity index (χ3n) is 4.95. The Hall–Kier alpha value is -2.12. The second-order valence-corrected chi connectivity index (χ2v) is 7.89. The molecule has 0 radical (unpaired) electrons. The van der Waals surface area contributed by atoms with Crippen LogP contribution < -0.4 is 4.74 Å². The number of piperidine rings is 1. The Bertz CT molecular complexity index is 815. The fourth-order valence-corrected chi connectivity index (χ4v) is 4.20. The second-order valence-electron chi connectivity index (χ2n) is 6.83. The summed E-state index contributed by atoms with van der Waals surface area (Å²) in [5, 5.41) is 0.749. The van der Waals surface area contributed by atoms with Crippen LogP contribution in [-0.2, 0) is 9.53 Å². The van der Waals surface area contributed by atoms with E-state index in [2.05, 4.69) is 4.98 Å². The monoisotopic (exact) mass is 401 g/mol. The van der Waals surface area contributed by atoms with Gasteiger partial charge in [-0.15, -0.1) is 0 Å². The molecule has 1 aliphatic heterocycles. The lowest BCUT2D eigenvalue weighted by Crippen LogP contribution is -2.38.